The highest BCUT2D eigenvalue weighted by Gasteiger charge is 2.28. The number of nitrogens with one attached hydrogen (secondary N) is 1. The molecule has 2 rings (SSSR count). The van der Waals surface area contributed by atoms with Crippen LogP contribution >= 0.6 is 11.6 Å². The third kappa shape index (κ3) is 3.39. The Morgan fingerprint density at radius 2 is 2.00 bits per heavy atom. The minimum Gasteiger partial charge on any atom is -0.382 e. The van der Waals surface area contributed by atoms with E-state index in [4.69, 9.17) is 11.6 Å². The molecule has 0 aliphatic carbocycles. The lowest BCUT2D eigenvalue weighted by atomic mass is 9.89. The second-order valence-electron chi connectivity index (χ2n) is 6.31. The van der Waals surface area contributed by atoms with E-state index in [0.29, 0.717) is 18.0 Å². The van der Waals surface area contributed by atoms with Gasteiger partial charge in [-0.25, -0.2) is 0 Å². The van der Waals surface area contributed by atoms with Gasteiger partial charge in [0.1, 0.15) is 0 Å². The second-order valence-corrected chi connectivity index (χ2v) is 6.72. The first-order valence-corrected chi connectivity index (χ1v) is 7.70. The van der Waals surface area contributed by atoms with E-state index in [1.807, 2.05) is 25.1 Å². The zero-order valence-electron chi connectivity index (χ0n) is 13.2. The Morgan fingerprint density at radius 3 is 2.60 bits per heavy atom. The van der Waals surface area contributed by atoms with E-state index in [1.165, 1.54) is 6.42 Å². The van der Waals surface area contributed by atoms with Gasteiger partial charge >= 0.3 is 0 Å². The lowest BCUT2D eigenvalue weighted by molar-refractivity contribution is 0.145. The summed E-state index contributed by atoms with van der Waals surface area (Å²) in [5.74, 6) is 0.642. The van der Waals surface area contributed by atoms with Crippen molar-refractivity contribution in [3.8, 4) is 0 Å². The smallest absolute Gasteiger partial charge is 0.0659 e. The van der Waals surface area contributed by atoms with E-state index >= 15 is 0 Å². The number of likely N-dealkylation sites (tertiary alicyclic amines) is 1. The summed E-state index contributed by atoms with van der Waals surface area (Å²) in [5.41, 5.74) is 2.18. The quantitative estimate of drug-likeness (QED) is 0.920. The van der Waals surface area contributed by atoms with E-state index in [-0.39, 0.29) is 0 Å². The summed E-state index contributed by atoms with van der Waals surface area (Å²) < 4.78 is 0. The van der Waals surface area contributed by atoms with Crippen LogP contribution in [-0.2, 0) is 0 Å². The molecule has 112 valence electrons. The van der Waals surface area contributed by atoms with Crippen molar-refractivity contribution < 1.29 is 0 Å². The number of anilines is 2. The van der Waals surface area contributed by atoms with Crippen LogP contribution in [0.15, 0.2) is 18.2 Å². The molecule has 1 fully saturated rings. The van der Waals surface area contributed by atoms with E-state index in [0.717, 1.165) is 22.9 Å². The van der Waals surface area contributed by atoms with Crippen LogP contribution in [0.2, 0.25) is 5.02 Å². The van der Waals surface area contributed by atoms with Crippen LogP contribution in [0.1, 0.15) is 20.3 Å². The molecule has 1 aromatic carbocycles. The molecule has 3 unspecified atom stereocenters. The fourth-order valence-electron chi connectivity index (χ4n) is 2.92. The van der Waals surface area contributed by atoms with Crippen LogP contribution in [0.4, 0.5) is 11.4 Å². The second kappa shape index (κ2) is 6.23. The zero-order chi connectivity index (χ0) is 14.9. The molecule has 20 heavy (non-hydrogen) atoms. The molecule has 4 heteroatoms. The predicted octanol–water partition coefficient (Wildman–Crippen LogP) is 3.55. The standard InChI is InChI=1S/C16H26ClN3/c1-11-10-20(5)12(2)8-15(11)18-13-6-7-16(19(3)4)14(17)9-13/h6-7,9,11-12,15,18H,8,10H2,1-5H3. The number of nitrogens with zero attached hydrogens (tertiary/aromatic N) is 2. The van der Waals surface area contributed by atoms with Gasteiger partial charge in [-0.1, -0.05) is 18.5 Å². The number of rotatable bonds is 3. The van der Waals surface area contributed by atoms with Crippen LogP contribution < -0.4 is 10.2 Å². The zero-order valence-corrected chi connectivity index (χ0v) is 13.9. The van der Waals surface area contributed by atoms with Crippen molar-refractivity contribution in [3.63, 3.8) is 0 Å². The van der Waals surface area contributed by atoms with E-state index in [2.05, 4.69) is 43.2 Å². The first-order chi connectivity index (χ1) is 9.38. The van der Waals surface area contributed by atoms with Crippen LogP contribution in [0, 0.1) is 5.92 Å². The van der Waals surface area contributed by atoms with Gasteiger partial charge in [-0.2, -0.15) is 0 Å². The summed E-state index contributed by atoms with van der Waals surface area (Å²) in [5, 5.41) is 4.46. The molecule has 0 radical (unpaired) electrons. The van der Waals surface area contributed by atoms with Crippen LogP contribution in [-0.4, -0.2) is 44.7 Å². The molecule has 1 saturated heterocycles. The molecular weight excluding hydrogens is 270 g/mol. The largest absolute Gasteiger partial charge is 0.382 e. The van der Waals surface area contributed by atoms with Crippen LogP contribution in [0.5, 0.6) is 0 Å². The number of hydrogen-bond donors (Lipinski definition) is 1. The molecule has 0 bridgehead atoms. The van der Waals surface area contributed by atoms with Gasteiger partial charge in [0, 0.05) is 38.4 Å². The monoisotopic (exact) mass is 295 g/mol. The molecule has 1 aromatic rings. The van der Waals surface area contributed by atoms with Crippen LogP contribution in [0.3, 0.4) is 0 Å². The Balaban J connectivity index is 2.08. The first-order valence-electron chi connectivity index (χ1n) is 7.32. The number of hydrogen-bond acceptors (Lipinski definition) is 3. The first kappa shape index (κ1) is 15.5. The maximum absolute atomic E-state index is 6.34. The van der Waals surface area contributed by atoms with E-state index in [1.54, 1.807) is 0 Å². The average molecular weight is 296 g/mol. The highest BCUT2D eigenvalue weighted by molar-refractivity contribution is 6.33. The number of piperidine rings is 1. The van der Waals surface area contributed by atoms with Crippen LogP contribution in [0.25, 0.3) is 0 Å². The Labute approximate surface area is 127 Å². The third-order valence-electron chi connectivity index (χ3n) is 4.39. The van der Waals surface area contributed by atoms with Gasteiger partial charge in [0.2, 0.25) is 0 Å². The van der Waals surface area contributed by atoms with Crippen molar-refractivity contribution in [1.29, 1.82) is 0 Å². The highest BCUT2D eigenvalue weighted by Crippen LogP contribution is 2.30. The fraction of sp³-hybridized carbons (Fsp3) is 0.625. The van der Waals surface area contributed by atoms with Crippen molar-refractivity contribution in [1.82, 2.24) is 4.90 Å². The Bertz CT molecular complexity index is 461. The Kier molecular flexibility index (Phi) is 4.82. The summed E-state index contributed by atoms with van der Waals surface area (Å²) in [6, 6.07) is 7.37. The summed E-state index contributed by atoms with van der Waals surface area (Å²) >= 11 is 6.34. The lowest BCUT2D eigenvalue weighted by Gasteiger charge is -2.40. The molecule has 0 aromatic heterocycles. The lowest BCUT2D eigenvalue weighted by Crippen LogP contribution is -2.48. The molecule has 1 N–H and O–H groups in total. The molecule has 0 amide bonds. The fourth-order valence-corrected chi connectivity index (χ4v) is 3.27. The van der Waals surface area contributed by atoms with Crippen molar-refractivity contribution in [3.05, 3.63) is 23.2 Å². The molecule has 1 aliphatic rings. The van der Waals surface area contributed by atoms with E-state index < -0.39 is 0 Å². The summed E-state index contributed by atoms with van der Waals surface area (Å²) in [6.07, 6.45) is 1.17. The van der Waals surface area contributed by atoms with Gasteiger partial charge in [-0.05, 0) is 44.5 Å². The van der Waals surface area contributed by atoms with Crippen molar-refractivity contribution in [2.24, 2.45) is 5.92 Å². The van der Waals surface area contributed by atoms with Gasteiger partial charge in [0.25, 0.3) is 0 Å². The molecule has 0 saturated carbocycles. The predicted molar refractivity (Wildman–Crippen MR) is 89.1 cm³/mol. The van der Waals surface area contributed by atoms with Gasteiger partial charge in [0.05, 0.1) is 10.7 Å². The molecule has 3 nitrogen and oxygen atoms in total. The van der Waals surface area contributed by atoms with Crippen molar-refractivity contribution in [2.45, 2.75) is 32.4 Å². The van der Waals surface area contributed by atoms with Crippen molar-refractivity contribution >= 4 is 23.0 Å². The summed E-state index contributed by atoms with van der Waals surface area (Å²) in [7, 11) is 6.23. The summed E-state index contributed by atoms with van der Waals surface area (Å²) in [4.78, 5) is 4.47. The molecule has 1 aliphatic heterocycles. The van der Waals surface area contributed by atoms with E-state index in [9.17, 15) is 0 Å². The average Bonchev–Trinajstić information content (AvgIpc) is 2.35. The van der Waals surface area contributed by atoms with Gasteiger partial charge in [0.15, 0.2) is 0 Å². The third-order valence-corrected chi connectivity index (χ3v) is 4.69. The molecule has 1 heterocycles. The number of halogens is 1. The van der Waals surface area contributed by atoms with Gasteiger partial charge in [-0.15, -0.1) is 0 Å². The Morgan fingerprint density at radius 1 is 1.30 bits per heavy atom. The minimum atomic E-state index is 0.516. The topological polar surface area (TPSA) is 18.5 Å². The van der Waals surface area contributed by atoms with Gasteiger partial charge < -0.3 is 15.1 Å². The maximum Gasteiger partial charge on any atom is 0.0659 e. The minimum absolute atomic E-state index is 0.516. The molecule has 0 spiro atoms. The van der Waals surface area contributed by atoms with Gasteiger partial charge in [-0.3, -0.25) is 0 Å². The number of benzene rings is 1. The molecule has 3 atom stereocenters. The van der Waals surface area contributed by atoms with Crippen molar-refractivity contribution in [2.75, 3.05) is 37.9 Å². The maximum atomic E-state index is 6.34. The SMILES string of the molecule is CC1CN(C)C(C)CC1Nc1ccc(N(C)C)c(Cl)c1. The summed E-state index contributed by atoms with van der Waals surface area (Å²) in [6.45, 7) is 5.75. The Hall–Kier alpha value is -0.930. The molecular formula is C16H26ClN3. The highest BCUT2D eigenvalue weighted by atomic mass is 35.5. The normalized spacial score (nSPS) is 27.4.